The van der Waals surface area contributed by atoms with Crippen LogP contribution in [0.5, 0.6) is 0 Å². The molecule has 5 aromatic rings. The number of carboxylic acid groups (broad SMARTS) is 1. The maximum Gasteiger partial charge on any atom is 0.317 e. The van der Waals surface area contributed by atoms with Crippen molar-refractivity contribution in [3.05, 3.63) is 126 Å². The van der Waals surface area contributed by atoms with Crippen LogP contribution >= 0.6 is 21.6 Å². The lowest BCUT2D eigenvalue weighted by molar-refractivity contribution is -0.141. The lowest BCUT2D eigenvalue weighted by Gasteiger charge is -2.38. The molecule has 3 heterocycles. The molecule has 1 fully saturated rings. The molecule has 9 atom stereocenters. The molecule has 0 aliphatic carbocycles. The normalized spacial score (nSPS) is 14.6. The van der Waals surface area contributed by atoms with E-state index in [1.807, 2.05) is 24.3 Å². The van der Waals surface area contributed by atoms with E-state index in [1.54, 1.807) is 73.1 Å². The monoisotopic (exact) mass is 1810 g/mol. The number of fused-ring (bicyclic) bond motifs is 1. The van der Waals surface area contributed by atoms with E-state index in [4.69, 9.17) is 33.8 Å². The number of aromatic amines is 2. The topological polar surface area (TPSA) is 588 Å². The van der Waals surface area contributed by atoms with Crippen LogP contribution < -0.4 is 92.5 Å². The first-order chi connectivity index (χ1) is 61.2. The van der Waals surface area contributed by atoms with Crippen molar-refractivity contribution in [3.63, 3.8) is 0 Å². The van der Waals surface area contributed by atoms with Crippen molar-refractivity contribution < 1.29 is 72.5 Å². The first-order valence-electron chi connectivity index (χ1n) is 44.5. The number of rotatable bonds is 65. The highest BCUT2D eigenvalue weighted by Crippen LogP contribution is 2.32. The lowest BCUT2D eigenvalue weighted by Crippen LogP contribution is -2.61. The summed E-state index contributed by atoms with van der Waals surface area (Å²) in [6.45, 7) is 2.49. The first-order valence-corrected chi connectivity index (χ1v) is 47.3. The number of hydrogen-bond acceptors (Lipinski definition) is 24. The van der Waals surface area contributed by atoms with Gasteiger partial charge >= 0.3 is 5.97 Å². The van der Waals surface area contributed by atoms with E-state index in [9.17, 15) is 48.3 Å². The van der Waals surface area contributed by atoms with Gasteiger partial charge in [-0.25, -0.2) is 4.98 Å². The number of likely N-dealkylation sites (tertiary alicyclic amines) is 1. The number of nitrogens with zero attached hydrogens (tertiary/aromatic N) is 3. The van der Waals surface area contributed by atoms with Gasteiger partial charge in [0.1, 0.15) is 61.4 Å². The highest BCUT2D eigenvalue weighted by molar-refractivity contribution is 8.76. The molecule has 0 spiro atoms. The maximum absolute atomic E-state index is 15.8. The van der Waals surface area contributed by atoms with E-state index in [0.29, 0.717) is 48.2 Å². The van der Waals surface area contributed by atoms with Gasteiger partial charge in [-0.15, -0.1) is 0 Å². The van der Waals surface area contributed by atoms with Crippen molar-refractivity contribution in [2.45, 2.75) is 248 Å². The number of aliphatic carboxylic acids is 1. The van der Waals surface area contributed by atoms with E-state index in [0.717, 1.165) is 41.5 Å². The van der Waals surface area contributed by atoms with E-state index >= 15 is 19.2 Å². The fourth-order valence-corrected chi connectivity index (χ4v) is 16.5. The average molecular weight is 1810 g/mol. The molecule has 1 saturated heterocycles. The van der Waals surface area contributed by atoms with Crippen molar-refractivity contribution in [2.75, 3.05) is 77.5 Å². The predicted octanol–water partition coefficient (Wildman–Crippen LogP) is 1.94. The summed E-state index contributed by atoms with van der Waals surface area (Å²) in [5, 5.41) is 54.2. The second-order valence-electron chi connectivity index (χ2n) is 32.3. The fraction of sp³-hybridized carbons (Fsp3) is 0.591. The van der Waals surface area contributed by atoms with Gasteiger partial charge < -0.3 is 107 Å². The van der Waals surface area contributed by atoms with Crippen molar-refractivity contribution in [3.8, 4) is 0 Å². The van der Waals surface area contributed by atoms with Crippen LogP contribution in [0.3, 0.4) is 0 Å². The fourth-order valence-electron chi connectivity index (χ4n) is 15.1. The van der Waals surface area contributed by atoms with Crippen LogP contribution in [0, 0.1) is 5.92 Å². The molecule has 1 aliphatic heterocycles. The zero-order valence-corrected chi connectivity index (χ0v) is 75.3. The van der Waals surface area contributed by atoms with E-state index in [-0.39, 0.29) is 109 Å². The molecular weight excluding hydrogens is 1670 g/mol. The van der Waals surface area contributed by atoms with Gasteiger partial charge in [-0.2, -0.15) is 0 Å². The molecule has 702 valence electrons. The number of carbonyl (C=O) groups excluding carboxylic acids is 12. The minimum atomic E-state index is -1.65. The van der Waals surface area contributed by atoms with Crippen LogP contribution in [0.25, 0.3) is 10.9 Å². The molecule has 1 aliphatic rings. The molecule has 6 rings (SSSR count). The molecule has 127 heavy (non-hydrogen) atoms. The number of H-pyrrole nitrogens is 2. The van der Waals surface area contributed by atoms with Gasteiger partial charge in [-0.3, -0.25) is 78.3 Å². The lowest BCUT2D eigenvalue weighted by atomic mass is 9.83. The molecule has 2 aromatic heterocycles. The van der Waals surface area contributed by atoms with E-state index < -0.39 is 163 Å². The second kappa shape index (κ2) is 59.8. The van der Waals surface area contributed by atoms with E-state index in [1.165, 1.54) is 110 Å². The summed E-state index contributed by atoms with van der Waals surface area (Å²) in [5.41, 5.74) is 31.9. The summed E-state index contributed by atoms with van der Waals surface area (Å²) >= 11 is 0. The summed E-state index contributed by atoms with van der Waals surface area (Å²) < 4.78 is 0. The summed E-state index contributed by atoms with van der Waals surface area (Å²) in [7, 11) is 2.53. The predicted molar refractivity (Wildman–Crippen MR) is 489 cm³/mol. The van der Waals surface area contributed by atoms with Crippen LogP contribution in [-0.4, -0.2) is 250 Å². The number of aliphatic hydroxyl groups excluding tert-OH is 1. The van der Waals surface area contributed by atoms with Crippen LogP contribution in [0.4, 0.5) is 0 Å². The largest absolute Gasteiger partial charge is 0.480 e. The number of para-hydroxylation sites is 1. The number of aromatic nitrogens is 3. The molecule has 37 nitrogen and oxygen atoms in total. The minimum Gasteiger partial charge on any atom is -0.480 e. The van der Waals surface area contributed by atoms with Crippen LogP contribution in [0.2, 0.25) is 0 Å². The van der Waals surface area contributed by atoms with Gasteiger partial charge in [0.2, 0.25) is 70.9 Å². The number of benzene rings is 3. The maximum atomic E-state index is 15.8. The molecule has 3 aromatic carbocycles. The SMILES string of the molecule is CCCCCCCCCCCCCCCCNC(=O)CN(CC(N)=O)C(=O)CCCCCNC(=O)C(Cc1c[nH]c2ccccc12)NC(=O)C(CCCNC(N)N)NC(=O)C(CSSC)NC(=O)C(CCCNC(N)N)NC(=O)C1CCCN(C(=O)C(NC(=O)C(Cc2c[nH]cn2)NC(=O)C(NC(=O)CNCC(=O)O)C(C)O)C(c2ccccc2)c2ccccc2)C1. The van der Waals surface area contributed by atoms with Crippen LogP contribution in [-0.2, 0) is 75.2 Å². The number of carboxylic acids is 1. The summed E-state index contributed by atoms with van der Waals surface area (Å²) in [6.07, 6.45) is 21.7. The molecule has 9 unspecified atom stereocenters. The molecular formula is C88H138N22O15S2. The average Bonchev–Trinajstić information content (AvgIpc) is 0.892. The third kappa shape index (κ3) is 40.4. The molecule has 39 heteroatoms. The van der Waals surface area contributed by atoms with Crippen LogP contribution in [0.1, 0.15) is 196 Å². The highest BCUT2D eigenvalue weighted by Gasteiger charge is 2.42. The summed E-state index contributed by atoms with van der Waals surface area (Å²) in [4.78, 5) is 195. The number of carbonyl (C=O) groups is 13. The number of imidazole rings is 1. The zero-order chi connectivity index (χ0) is 92.3. The standard InChI is InChI=1S/C88H138N22O15S2/c1-4-5-6-7-8-9-10-11-12-13-14-15-16-27-42-96-73(114)55-110(54-71(89)112)74(115)41-24-19-28-43-97-80(119)68(47-62-49-100-65-38-26-25-37-64(62)65)104-81(120)67(40-30-45-99-88(92)93)103-84(123)70(56-127-126-3)106-82(121)66(39-29-44-98-87(90)91)102-79(118)61-36-31-46-109(53-61)86(125)78(76(59-32-20-17-21-33-59)60-34-22-18-23-35-60)108-83(122)69(48-63-50-95-57-101-63)105-85(124)77(58(2)111)107-72(113)51-94-52-75(116)117/h17-18,20-23,25-26,32-35,37-38,49-50,57-58,61,66-70,76-78,87-88,94,98-100,111H,4-16,19,24,27-31,36,39-48,51-56,90-93H2,1-3H3,(H2,89,112)(H,95,101)(H,96,114)(H,97,119)(H,102,118)(H,103,123)(H,104,120)(H,105,124)(H,106,121)(H,107,113)(H,108,122)(H,116,117). The number of nitrogens with two attached hydrogens (primary N) is 5. The zero-order valence-electron chi connectivity index (χ0n) is 73.7. The third-order valence-corrected chi connectivity index (χ3v) is 23.7. The second-order valence-corrected chi connectivity index (χ2v) is 34.9. The first kappa shape index (κ1) is 106. The highest BCUT2D eigenvalue weighted by atomic mass is 33.1. The number of unbranched alkanes of at least 4 members (excludes halogenated alkanes) is 15. The Morgan fingerprint density at radius 3 is 1.67 bits per heavy atom. The van der Waals surface area contributed by atoms with Crippen molar-refractivity contribution in [1.29, 1.82) is 0 Å². The molecule has 0 radical (unpaired) electrons. The number of hydrogen-bond donors (Lipinski definition) is 21. The Bertz CT molecular complexity index is 4130. The van der Waals surface area contributed by atoms with Gasteiger partial charge in [0, 0.05) is 80.4 Å². The van der Waals surface area contributed by atoms with Crippen molar-refractivity contribution in [1.82, 2.24) is 88.6 Å². The number of aliphatic hydroxyl groups is 1. The Morgan fingerprint density at radius 1 is 0.559 bits per heavy atom. The van der Waals surface area contributed by atoms with Gasteiger partial charge in [-0.1, -0.05) is 197 Å². The van der Waals surface area contributed by atoms with Gasteiger partial charge in [0.15, 0.2) is 0 Å². The Morgan fingerprint density at radius 2 is 1.09 bits per heavy atom. The van der Waals surface area contributed by atoms with Crippen LogP contribution in [0.15, 0.2) is 104 Å². The minimum absolute atomic E-state index is 0.00134. The number of amides is 12. The number of primary amides is 1. The van der Waals surface area contributed by atoms with Crippen molar-refractivity contribution >= 4 is 109 Å². The number of piperidine rings is 1. The summed E-state index contributed by atoms with van der Waals surface area (Å²) in [6, 6.07) is 15.4. The Hall–Kier alpha value is -10.1. The van der Waals surface area contributed by atoms with E-state index in [2.05, 4.69) is 85.7 Å². The quantitative estimate of drug-likeness (QED) is 0.0150. The van der Waals surface area contributed by atoms with Gasteiger partial charge in [0.05, 0.1) is 43.7 Å². The smallest absolute Gasteiger partial charge is 0.317 e. The molecule has 12 amide bonds. The Kier molecular flexibility index (Phi) is 49.8. The molecule has 0 bridgehead atoms. The van der Waals surface area contributed by atoms with Gasteiger partial charge in [-0.05, 0) is 107 Å². The number of nitrogens with one attached hydrogen (secondary N) is 14. The molecule has 0 saturated carbocycles. The Labute approximate surface area is 752 Å². The molecule has 26 N–H and O–H groups in total. The third-order valence-electron chi connectivity index (χ3n) is 21.9. The Balaban J connectivity index is 1.15. The van der Waals surface area contributed by atoms with Gasteiger partial charge in [0.25, 0.3) is 0 Å². The van der Waals surface area contributed by atoms with Crippen molar-refractivity contribution in [2.24, 2.45) is 34.6 Å². The summed E-state index contributed by atoms with van der Waals surface area (Å²) in [5.74, 6) is -11.6.